The Morgan fingerprint density at radius 3 is 2.67 bits per heavy atom. The van der Waals surface area contributed by atoms with Crippen LogP contribution in [0, 0.1) is 0 Å². The number of benzene rings is 1. The predicted octanol–water partition coefficient (Wildman–Crippen LogP) is 4.59. The second-order valence-corrected chi connectivity index (χ2v) is 6.01. The van der Waals surface area contributed by atoms with Crippen molar-refractivity contribution in [2.24, 2.45) is 0 Å². The van der Waals surface area contributed by atoms with E-state index in [0.717, 1.165) is 11.4 Å². The molecule has 0 spiro atoms. The quantitative estimate of drug-likeness (QED) is 0.840. The maximum atomic E-state index is 5.96. The summed E-state index contributed by atoms with van der Waals surface area (Å²) in [6.45, 7) is 3.46. The first-order chi connectivity index (χ1) is 8.74. The van der Waals surface area contributed by atoms with E-state index in [4.69, 9.17) is 11.6 Å². The maximum absolute atomic E-state index is 5.96. The van der Waals surface area contributed by atoms with Crippen LogP contribution in [0.4, 0.5) is 0 Å². The van der Waals surface area contributed by atoms with Gasteiger partial charge < -0.3 is 5.32 Å². The summed E-state index contributed by atoms with van der Waals surface area (Å²) in [7, 11) is 0. The van der Waals surface area contributed by atoms with Crippen molar-refractivity contribution in [2.75, 3.05) is 6.54 Å². The van der Waals surface area contributed by atoms with Crippen LogP contribution in [0.15, 0.2) is 24.3 Å². The van der Waals surface area contributed by atoms with Gasteiger partial charge in [-0.05, 0) is 49.9 Å². The molecule has 2 rings (SSSR count). The molecular weight excluding hydrogens is 242 g/mol. The molecule has 0 saturated carbocycles. The minimum absolute atomic E-state index is 0.319. The van der Waals surface area contributed by atoms with E-state index in [1.54, 1.807) is 0 Å². The van der Waals surface area contributed by atoms with E-state index in [1.165, 1.54) is 50.6 Å². The van der Waals surface area contributed by atoms with Gasteiger partial charge in [-0.25, -0.2) is 0 Å². The SMILES string of the molecule is CCCC1(Cc2ccc(Cl)cc2)CCCCCN1. The summed E-state index contributed by atoms with van der Waals surface area (Å²) in [6.07, 6.45) is 9.03. The van der Waals surface area contributed by atoms with Gasteiger partial charge in [0.1, 0.15) is 0 Å². The summed E-state index contributed by atoms with van der Waals surface area (Å²) < 4.78 is 0. The van der Waals surface area contributed by atoms with E-state index >= 15 is 0 Å². The predicted molar refractivity (Wildman–Crippen MR) is 79.3 cm³/mol. The van der Waals surface area contributed by atoms with Crippen molar-refractivity contribution in [2.45, 2.75) is 57.4 Å². The minimum Gasteiger partial charge on any atom is -0.311 e. The fraction of sp³-hybridized carbons (Fsp3) is 0.625. The van der Waals surface area contributed by atoms with Crippen LogP contribution in [-0.4, -0.2) is 12.1 Å². The Hall–Kier alpha value is -0.530. The van der Waals surface area contributed by atoms with Crippen LogP contribution in [-0.2, 0) is 6.42 Å². The fourth-order valence-electron chi connectivity index (χ4n) is 3.13. The lowest BCUT2D eigenvalue weighted by Gasteiger charge is -2.34. The zero-order valence-electron chi connectivity index (χ0n) is 11.3. The Morgan fingerprint density at radius 1 is 1.17 bits per heavy atom. The van der Waals surface area contributed by atoms with E-state index in [9.17, 15) is 0 Å². The first-order valence-corrected chi connectivity index (χ1v) is 7.61. The van der Waals surface area contributed by atoms with E-state index in [0.29, 0.717) is 5.54 Å². The Bertz CT molecular complexity index is 350. The lowest BCUT2D eigenvalue weighted by Crippen LogP contribution is -2.46. The van der Waals surface area contributed by atoms with Crippen molar-refractivity contribution in [3.8, 4) is 0 Å². The summed E-state index contributed by atoms with van der Waals surface area (Å²) >= 11 is 5.96. The lowest BCUT2D eigenvalue weighted by molar-refractivity contribution is 0.288. The largest absolute Gasteiger partial charge is 0.311 e. The number of halogens is 1. The highest BCUT2D eigenvalue weighted by molar-refractivity contribution is 6.30. The van der Waals surface area contributed by atoms with Gasteiger partial charge in [0.05, 0.1) is 0 Å². The molecule has 1 atom stereocenters. The molecule has 1 aliphatic heterocycles. The van der Waals surface area contributed by atoms with Gasteiger partial charge in [-0.2, -0.15) is 0 Å². The van der Waals surface area contributed by atoms with E-state index in [2.05, 4.69) is 24.4 Å². The molecule has 1 fully saturated rings. The van der Waals surface area contributed by atoms with Crippen LogP contribution in [0.2, 0.25) is 5.02 Å². The average Bonchev–Trinajstić information content (AvgIpc) is 2.59. The number of nitrogens with one attached hydrogen (secondary N) is 1. The number of hydrogen-bond donors (Lipinski definition) is 1. The molecule has 0 aliphatic carbocycles. The van der Waals surface area contributed by atoms with Crippen molar-refractivity contribution >= 4 is 11.6 Å². The minimum atomic E-state index is 0.319. The molecule has 1 unspecified atom stereocenters. The fourth-order valence-corrected chi connectivity index (χ4v) is 3.26. The molecule has 1 N–H and O–H groups in total. The lowest BCUT2D eigenvalue weighted by atomic mass is 9.83. The average molecular weight is 266 g/mol. The van der Waals surface area contributed by atoms with Crippen molar-refractivity contribution in [1.82, 2.24) is 5.32 Å². The monoisotopic (exact) mass is 265 g/mol. The molecule has 100 valence electrons. The highest BCUT2D eigenvalue weighted by Crippen LogP contribution is 2.28. The standard InChI is InChI=1S/C16H24ClN/c1-2-10-16(11-4-3-5-12-18-16)13-14-6-8-15(17)9-7-14/h6-9,18H,2-5,10-13H2,1H3. The first-order valence-electron chi connectivity index (χ1n) is 7.24. The van der Waals surface area contributed by atoms with Gasteiger partial charge in [0.15, 0.2) is 0 Å². The molecule has 0 radical (unpaired) electrons. The molecule has 1 aromatic carbocycles. The van der Waals surface area contributed by atoms with E-state index < -0.39 is 0 Å². The Morgan fingerprint density at radius 2 is 1.94 bits per heavy atom. The molecule has 0 aromatic heterocycles. The zero-order valence-corrected chi connectivity index (χ0v) is 12.1. The summed E-state index contributed by atoms with van der Waals surface area (Å²) in [5, 5.41) is 4.66. The van der Waals surface area contributed by atoms with Crippen molar-refractivity contribution in [3.05, 3.63) is 34.9 Å². The van der Waals surface area contributed by atoms with Gasteiger partial charge in [0.2, 0.25) is 0 Å². The van der Waals surface area contributed by atoms with Gasteiger partial charge in [0, 0.05) is 10.6 Å². The van der Waals surface area contributed by atoms with Gasteiger partial charge in [-0.1, -0.05) is 49.9 Å². The molecular formula is C16H24ClN. The van der Waals surface area contributed by atoms with Crippen molar-refractivity contribution < 1.29 is 0 Å². The molecule has 1 heterocycles. The summed E-state index contributed by atoms with van der Waals surface area (Å²) in [6, 6.07) is 8.36. The molecule has 2 heteroatoms. The third-order valence-electron chi connectivity index (χ3n) is 4.02. The van der Waals surface area contributed by atoms with Gasteiger partial charge in [-0.3, -0.25) is 0 Å². The first kappa shape index (κ1) is 13.9. The summed E-state index contributed by atoms with van der Waals surface area (Å²) in [5.41, 5.74) is 1.72. The Kier molecular flexibility index (Phi) is 5.08. The molecule has 18 heavy (non-hydrogen) atoms. The second-order valence-electron chi connectivity index (χ2n) is 5.57. The highest BCUT2D eigenvalue weighted by Gasteiger charge is 2.29. The van der Waals surface area contributed by atoms with E-state index in [-0.39, 0.29) is 0 Å². The van der Waals surface area contributed by atoms with Crippen LogP contribution in [0.5, 0.6) is 0 Å². The smallest absolute Gasteiger partial charge is 0.0406 e. The Balaban J connectivity index is 2.11. The van der Waals surface area contributed by atoms with Gasteiger partial charge in [-0.15, -0.1) is 0 Å². The third-order valence-corrected chi connectivity index (χ3v) is 4.27. The normalized spacial score (nSPS) is 24.8. The number of rotatable bonds is 4. The van der Waals surface area contributed by atoms with Crippen molar-refractivity contribution in [3.63, 3.8) is 0 Å². The van der Waals surface area contributed by atoms with Gasteiger partial charge in [0.25, 0.3) is 0 Å². The van der Waals surface area contributed by atoms with Gasteiger partial charge >= 0.3 is 0 Å². The molecule has 1 nitrogen and oxygen atoms in total. The Labute approximate surface area is 116 Å². The molecule has 0 bridgehead atoms. The van der Waals surface area contributed by atoms with Crippen LogP contribution in [0.1, 0.15) is 51.0 Å². The number of hydrogen-bond acceptors (Lipinski definition) is 1. The van der Waals surface area contributed by atoms with Crippen LogP contribution >= 0.6 is 11.6 Å². The third kappa shape index (κ3) is 3.73. The second kappa shape index (κ2) is 6.58. The molecule has 0 amide bonds. The van der Waals surface area contributed by atoms with Crippen molar-refractivity contribution in [1.29, 1.82) is 0 Å². The molecule has 1 saturated heterocycles. The molecule has 1 aromatic rings. The molecule has 1 aliphatic rings. The zero-order chi connectivity index (χ0) is 12.8. The maximum Gasteiger partial charge on any atom is 0.0406 e. The summed E-state index contributed by atoms with van der Waals surface area (Å²) in [4.78, 5) is 0. The van der Waals surface area contributed by atoms with Crippen LogP contribution in [0.25, 0.3) is 0 Å². The van der Waals surface area contributed by atoms with E-state index in [1.807, 2.05) is 12.1 Å². The van der Waals surface area contributed by atoms with Crippen LogP contribution < -0.4 is 5.32 Å². The topological polar surface area (TPSA) is 12.0 Å². The highest BCUT2D eigenvalue weighted by atomic mass is 35.5. The summed E-state index contributed by atoms with van der Waals surface area (Å²) in [5.74, 6) is 0. The van der Waals surface area contributed by atoms with Crippen LogP contribution in [0.3, 0.4) is 0 Å².